The van der Waals surface area contributed by atoms with Gasteiger partial charge in [-0.1, -0.05) is 60.2 Å². The predicted octanol–water partition coefficient (Wildman–Crippen LogP) is 4.38. The molecule has 2 amide bonds. The van der Waals surface area contributed by atoms with E-state index in [-0.39, 0.29) is 18.7 Å². The van der Waals surface area contributed by atoms with Crippen molar-refractivity contribution in [3.05, 3.63) is 106 Å². The average molecular weight is 433 g/mol. The first kappa shape index (κ1) is 22.5. The van der Waals surface area contributed by atoms with E-state index in [1.165, 1.54) is 12.1 Å². The number of ether oxygens (including phenoxy) is 1. The van der Waals surface area contributed by atoms with Crippen LogP contribution >= 0.6 is 0 Å². The number of nitrogens with zero attached hydrogens (tertiary/aromatic N) is 1. The summed E-state index contributed by atoms with van der Waals surface area (Å²) in [4.78, 5) is 35.6. The van der Waals surface area contributed by atoms with Crippen LogP contribution in [-0.4, -0.2) is 23.0 Å². The topological polar surface area (TPSA) is 111 Å². The van der Waals surface area contributed by atoms with Crippen molar-refractivity contribution < 1.29 is 19.2 Å². The summed E-state index contributed by atoms with van der Waals surface area (Å²) in [5.74, 6) is -0.427. The van der Waals surface area contributed by atoms with Crippen LogP contribution in [0, 0.1) is 17.0 Å². The molecule has 0 aromatic heterocycles. The molecule has 0 fully saturated rings. The first-order valence-corrected chi connectivity index (χ1v) is 9.99. The van der Waals surface area contributed by atoms with Gasteiger partial charge in [0, 0.05) is 24.2 Å². The van der Waals surface area contributed by atoms with E-state index in [4.69, 9.17) is 4.74 Å². The van der Waals surface area contributed by atoms with Crippen LogP contribution in [0.1, 0.15) is 16.7 Å². The third-order valence-corrected chi connectivity index (χ3v) is 4.73. The van der Waals surface area contributed by atoms with Crippen molar-refractivity contribution in [2.24, 2.45) is 0 Å². The number of nitro groups is 1. The number of nitrogens with one attached hydrogen (secondary N) is 2. The monoisotopic (exact) mass is 433 g/mol. The standard InChI is InChI=1S/C24H23N3O5/c1-17-7-11-20(12-8-17)25-23(28)22(15-18-9-13-21(14-10-18)27(30)31)26-24(29)32-16-19-5-3-2-4-6-19/h2-14,22H,15-16H2,1H3,(H,25,28)(H,26,29)/t22-/m1/s1. The Labute approximate surface area is 185 Å². The SMILES string of the molecule is Cc1ccc(NC(=O)[C@@H](Cc2ccc([N+](=O)[O-])cc2)NC(=O)OCc2ccccc2)cc1. The van der Waals surface area contributed by atoms with Crippen LogP contribution in [0.2, 0.25) is 0 Å². The summed E-state index contributed by atoms with van der Waals surface area (Å²) in [6.07, 6.45) is -0.601. The molecule has 32 heavy (non-hydrogen) atoms. The van der Waals surface area contributed by atoms with Gasteiger partial charge in [0.2, 0.25) is 5.91 Å². The second-order valence-corrected chi connectivity index (χ2v) is 7.24. The number of benzene rings is 3. The van der Waals surface area contributed by atoms with Crippen LogP contribution in [0.15, 0.2) is 78.9 Å². The minimum Gasteiger partial charge on any atom is -0.445 e. The zero-order valence-electron chi connectivity index (χ0n) is 17.5. The van der Waals surface area contributed by atoms with E-state index in [9.17, 15) is 19.7 Å². The Kier molecular flexibility index (Phi) is 7.53. The maximum absolute atomic E-state index is 12.9. The quantitative estimate of drug-likeness (QED) is 0.405. The van der Waals surface area contributed by atoms with Crippen LogP contribution in [0.4, 0.5) is 16.2 Å². The lowest BCUT2D eigenvalue weighted by molar-refractivity contribution is -0.384. The van der Waals surface area contributed by atoms with Gasteiger partial charge in [-0.05, 0) is 30.2 Å². The van der Waals surface area contributed by atoms with E-state index in [2.05, 4.69) is 10.6 Å². The van der Waals surface area contributed by atoms with Gasteiger partial charge >= 0.3 is 6.09 Å². The molecule has 0 bridgehead atoms. The second kappa shape index (κ2) is 10.7. The highest BCUT2D eigenvalue weighted by Crippen LogP contribution is 2.15. The number of carbonyl (C=O) groups excluding carboxylic acids is 2. The molecule has 164 valence electrons. The molecule has 0 spiro atoms. The van der Waals surface area contributed by atoms with Crippen molar-refractivity contribution in [2.75, 3.05) is 5.32 Å². The summed E-state index contributed by atoms with van der Waals surface area (Å²) in [7, 11) is 0. The van der Waals surface area contributed by atoms with E-state index in [0.29, 0.717) is 11.3 Å². The van der Waals surface area contributed by atoms with Gasteiger partial charge in [-0.2, -0.15) is 0 Å². The summed E-state index contributed by atoms with van der Waals surface area (Å²) < 4.78 is 5.24. The van der Waals surface area contributed by atoms with Gasteiger partial charge in [-0.25, -0.2) is 4.79 Å². The summed E-state index contributed by atoms with van der Waals surface area (Å²) in [6.45, 7) is 2.00. The Morgan fingerprint density at radius 2 is 1.59 bits per heavy atom. The Morgan fingerprint density at radius 1 is 0.938 bits per heavy atom. The molecule has 3 aromatic carbocycles. The second-order valence-electron chi connectivity index (χ2n) is 7.24. The lowest BCUT2D eigenvalue weighted by atomic mass is 10.0. The van der Waals surface area contributed by atoms with Gasteiger partial charge in [-0.3, -0.25) is 14.9 Å². The summed E-state index contributed by atoms with van der Waals surface area (Å²) >= 11 is 0. The third kappa shape index (κ3) is 6.66. The van der Waals surface area contributed by atoms with Gasteiger partial charge in [-0.15, -0.1) is 0 Å². The fourth-order valence-corrected chi connectivity index (χ4v) is 2.97. The lowest BCUT2D eigenvalue weighted by Crippen LogP contribution is -2.45. The van der Waals surface area contributed by atoms with Crippen molar-refractivity contribution in [3.8, 4) is 0 Å². The molecular weight excluding hydrogens is 410 g/mol. The molecule has 0 aliphatic heterocycles. The normalized spacial score (nSPS) is 11.3. The smallest absolute Gasteiger partial charge is 0.408 e. The van der Waals surface area contributed by atoms with Gasteiger partial charge in [0.1, 0.15) is 12.6 Å². The Morgan fingerprint density at radius 3 is 2.22 bits per heavy atom. The van der Waals surface area contributed by atoms with Crippen molar-refractivity contribution in [1.29, 1.82) is 0 Å². The molecule has 2 N–H and O–H groups in total. The number of hydrogen-bond acceptors (Lipinski definition) is 5. The Bertz CT molecular complexity index is 1070. The molecule has 3 rings (SSSR count). The number of aryl methyl sites for hydroxylation is 1. The highest BCUT2D eigenvalue weighted by atomic mass is 16.6. The molecular formula is C24H23N3O5. The molecule has 0 saturated carbocycles. The van der Waals surface area contributed by atoms with E-state index in [1.54, 1.807) is 24.3 Å². The fraction of sp³-hybridized carbons (Fsp3) is 0.167. The van der Waals surface area contributed by atoms with Crippen molar-refractivity contribution in [2.45, 2.75) is 26.0 Å². The number of carbonyl (C=O) groups is 2. The molecule has 3 aromatic rings. The van der Waals surface area contributed by atoms with Crippen LogP contribution in [0.3, 0.4) is 0 Å². The number of alkyl carbamates (subject to hydrolysis) is 1. The van der Waals surface area contributed by atoms with Crippen LogP contribution < -0.4 is 10.6 Å². The largest absolute Gasteiger partial charge is 0.445 e. The zero-order valence-corrected chi connectivity index (χ0v) is 17.5. The molecule has 0 aliphatic carbocycles. The third-order valence-electron chi connectivity index (χ3n) is 4.73. The molecule has 0 saturated heterocycles. The van der Waals surface area contributed by atoms with E-state index >= 15 is 0 Å². The van der Waals surface area contributed by atoms with Gasteiger partial charge in [0.25, 0.3) is 5.69 Å². The molecule has 8 nitrogen and oxygen atoms in total. The molecule has 0 aliphatic rings. The summed E-state index contributed by atoms with van der Waals surface area (Å²) in [5.41, 5.74) is 3.06. The minimum absolute atomic E-state index is 0.0513. The number of rotatable bonds is 8. The summed E-state index contributed by atoms with van der Waals surface area (Å²) in [6, 6.07) is 21.3. The molecule has 0 heterocycles. The first-order chi connectivity index (χ1) is 15.4. The minimum atomic E-state index is -0.943. The van der Waals surface area contributed by atoms with Crippen molar-refractivity contribution in [1.82, 2.24) is 5.32 Å². The van der Waals surface area contributed by atoms with Gasteiger partial charge < -0.3 is 15.4 Å². The number of nitro benzene ring substituents is 1. The van der Waals surface area contributed by atoms with Crippen LogP contribution in [0.25, 0.3) is 0 Å². The fourth-order valence-electron chi connectivity index (χ4n) is 2.97. The molecule has 1 atom stereocenters. The van der Waals surface area contributed by atoms with Crippen LogP contribution in [-0.2, 0) is 22.6 Å². The number of non-ortho nitro benzene ring substituents is 1. The Hall–Kier alpha value is -4.20. The predicted molar refractivity (Wildman–Crippen MR) is 120 cm³/mol. The van der Waals surface area contributed by atoms with Crippen molar-refractivity contribution >= 4 is 23.4 Å². The number of amides is 2. The number of anilines is 1. The average Bonchev–Trinajstić information content (AvgIpc) is 2.80. The lowest BCUT2D eigenvalue weighted by Gasteiger charge is -2.19. The van der Waals surface area contributed by atoms with E-state index in [0.717, 1.165) is 11.1 Å². The highest BCUT2D eigenvalue weighted by Gasteiger charge is 2.23. The first-order valence-electron chi connectivity index (χ1n) is 9.99. The molecule has 8 heteroatoms. The number of hydrogen-bond donors (Lipinski definition) is 2. The highest BCUT2D eigenvalue weighted by molar-refractivity contribution is 5.96. The summed E-state index contributed by atoms with van der Waals surface area (Å²) in [5, 5.41) is 16.3. The van der Waals surface area contributed by atoms with E-state index < -0.39 is 23.0 Å². The van der Waals surface area contributed by atoms with Crippen LogP contribution in [0.5, 0.6) is 0 Å². The van der Waals surface area contributed by atoms with E-state index in [1.807, 2.05) is 49.4 Å². The zero-order chi connectivity index (χ0) is 22.9. The van der Waals surface area contributed by atoms with Gasteiger partial charge in [0.05, 0.1) is 4.92 Å². The van der Waals surface area contributed by atoms with Crippen molar-refractivity contribution in [3.63, 3.8) is 0 Å². The Balaban J connectivity index is 1.69. The maximum atomic E-state index is 12.9. The molecule has 0 unspecified atom stereocenters. The maximum Gasteiger partial charge on any atom is 0.408 e. The molecule has 0 radical (unpaired) electrons. The van der Waals surface area contributed by atoms with Gasteiger partial charge in [0.15, 0.2) is 0 Å².